The molecule has 0 heteroatoms. The van der Waals surface area contributed by atoms with Gasteiger partial charge in [0.05, 0.1) is 0 Å². The average molecular weight is 551 g/mol. The third-order valence-corrected chi connectivity index (χ3v) is 9.31. The van der Waals surface area contributed by atoms with Crippen LogP contribution >= 0.6 is 0 Å². The summed E-state index contributed by atoms with van der Waals surface area (Å²) in [6.07, 6.45) is 0.997. The third kappa shape index (κ3) is 4.21. The van der Waals surface area contributed by atoms with Crippen LogP contribution in [-0.4, -0.2) is 0 Å². The summed E-state index contributed by atoms with van der Waals surface area (Å²) in [5.41, 5.74) is 14.8. The molecule has 0 heterocycles. The van der Waals surface area contributed by atoms with Gasteiger partial charge in [0, 0.05) is 0 Å². The van der Waals surface area contributed by atoms with Crippen molar-refractivity contribution in [1.82, 2.24) is 0 Å². The van der Waals surface area contributed by atoms with Gasteiger partial charge in [0.2, 0.25) is 0 Å². The fourth-order valence-electron chi connectivity index (χ4n) is 7.13. The zero-order valence-electron chi connectivity index (χ0n) is 25.0. The summed E-state index contributed by atoms with van der Waals surface area (Å²) in [5.74, 6) is 0. The monoisotopic (exact) mass is 550 g/mol. The second kappa shape index (κ2) is 9.82. The molecule has 43 heavy (non-hydrogen) atoms. The van der Waals surface area contributed by atoms with E-state index in [9.17, 15) is 0 Å². The first-order chi connectivity index (χ1) is 21.0. The predicted octanol–water partition coefficient (Wildman–Crippen LogP) is 11.9. The lowest BCUT2D eigenvalue weighted by Gasteiger charge is -2.21. The van der Waals surface area contributed by atoms with E-state index in [0.29, 0.717) is 0 Å². The molecule has 0 unspecified atom stereocenters. The average Bonchev–Trinajstić information content (AvgIpc) is 3.42. The summed E-state index contributed by atoms with van der Waals surface area (Å²) >= 11 is 0. The molecule has 0 saturated carbocycles. The van der Waals surface area contributed by atoms with Crippen molar-refractivity contribution in [3.63, 3.8) is 0 Å². The SMILES string of the molecule is CC(C)(C)c1ccc(-c2c3ccccc3c(-c3ccc(-c4cccc5c4Cc4ccccc4-5)cc3)c3ccccc23)cc1. The highest BCUT2D eigenvalue weighted by Gasteiger charge is 2.22. The molecule has 206 valence electrons. The van der Waals surface area contributed by atoms with E-state index in [1.54, 1.807) is 0 Å². The molecule has 0 atom stereocenters. The van der Waals surface area contributed by atoms with E-state index in [0.717, 1.165) is 6.42 Å². The first-order valence-corrected chi connectivity index (χ1v) is 15.3. The van der Waals surface area contributed by atoms with Crippen LogP contribution in [0.3, 0.4) is 0 Å². The highest BCUT2D eigenvalue weighted by Crippen LogP contribution is 2.45. The molecule has 0 radical (unpaired) electrons. The van der Waals surface area contributed by atoms with Gasteiger partial charge in [0.1, 0.15) is 0 Å². The second-order valence-electron chi connectivity index (χ2n) is 12.9. The number of benzene rings is 7. The molecule has 0 fully saturated rings. The van der Waals surface area contributed by atoms with Crippen molar-refractivity contribution in [3.8, 4) is 44.5 Å². The highest BCUT2D eigenvalue weighted by atomic mass is 14.3. The maximum Gasteiger partial charge on any atom is -0.000729 e. The molecular weight excluding hydrogens is 516 g/mol. The Bertz CT molecular complexity index is 2100. The maximum atomic E-state index is 2.32. The predicted molar refractivity (Wildman–Crippen MR) is 185 cm³/mol. The molecule has 0 N–H and O–H groups in total. The van der Waals surface area contributed by atoms with Crippen molar-refractivity contribution in [1.29, 1.82) is 0 Å². The lowest BCUT2D eigenvalue weighted by Crippen LogP contribution is -2.10. The van der Waals surface area contributed by atoms with Crippen molar-refractivity contribution in [2.75, 3.05) is 0 Å². The Morgan fingerprint density at radius 3 is 1.40 bits per heavy atom. The minimum absolute atomic E-state index is 0.127. The number of hydrogen-bond donors (Lipinski definition) is 0. The van der Waals surface area contributed by atoms with Crippen LogP contribution in [0.25, 0.3) is 66.1 Å². The van der Waals surface area contributed by atoms with E-state index < -0.39 is 0 Å². The quantitative estimate of drug-likeness (QED) is 0.192. The molecule has 0 amide bonds. The Morgan fingerprint density at radius 2 is 0.837 bits per heavy atom. The van der Waals surface area contributed by atoms with Gasteiger partial charge in [-0.3, -0.25) is 0 Å². The van der Waals surface area contributed by atoms with Gasteiger partial charge in [-0.25, -0.2) is 0 Å². The first kappa shape index (κ1) is 25.7. The van der Waals surface area contributed by atoms with Crippen LogP contribution in [-0.2, 0) is 11.8 Å². The van der Waals surface area contributed by atoms with E-state index in [4.69, 9.17) is 0 Å². The summed E-state index contributed by atoms with van der Waals surface area (Å²) < 4.78 is 0. The molecule has 0 nitrogen and oxygen atoms in total. The number of fused-ring (bicyclic) bond motifs is 5. The summed E-state index contributed by atoms with van der Waals surface area (Å²) in [7, 11) is 0. The Balaban J connectivity index is 1.28. The van der Waals surface area contributed by atoms with E-state index in [1.165, 1.54) is 82.7 Å². The van der Waals surface area contributed by atoms with Gasteiger partial charge in [-0.15, -0.1) is 0 Å². The summed E-state index contributed by atoms with van der Waals surface area (Å²) in [4.78, 5) is 0. The molecule has 0 saturated heterocycles. The highest BCUT2D eigenvalue weighted by molar-refractivity contribution is 6.21. The number of hydrogen-bond acceptors (Lipinski definition) is 0. The molecule has 1 aliphatic carbocycles. The maximum absolute atomic E-state index is 2.32. The third-order valence-electron chi connectivity index (χ3n) is 9.31. The van der Waals surface area contributed by atoms with Crippen LogP contribution < -0.4 is 0 Å². The largest absolute Gasteiger partial charge is 0.0619 e. The Labute approximate surface area is 254 Å². The van der Waals surface area contributed by atoms with Crippen molar-refractivity contribution in [2.24, 2.45) is 0 Å². The Morgan fingerprint density at radius 1 is 0.395 bits per heavy atom. The zero-order chi connectivity index (χ0) is 29.1. The second-order valence-corrected chi connectivity index (χ2v) is 12.9. The van der Waals surface area contributed by atoms with Gasteiger partial charge in [-0.2, -0.15) is 0 Å². The van der Waals surface area contributed by atoms with Crippen molar-refractivity contribution in [2.45, 2.75) is 32.6 Å². The molecule has 0 bridgehead atoms. The van der Waals surface area contributed by atoms with Crippen molar-refractivity contribution >= 4 is 21.5 Å². The molecule has 7 aromatic carbocycles. The first-order valence-electron chi connectivity index (χ1n) is 15.3. The van der Waals surface area contributed by atoms with Gasteiger partial charge in [-0.05, 0) is 94.6 Å². The van der Waals surface area contributed by atoms with E-state index in [2.05, 4.69) is 160 Å². The molecule has 0 aliphatic heterocycles. The summed E-state index contributed by atoms with van der Waals surface area (Å²) in [5, 5.41) is 5.17. The fraction of sp³-hybridized carbons (Fsp3) is 0.116. The van der Waals surface area contributed by atoms with E-state index in [1.807, 2.05) is 0 Å². The summed E-state index contributed by atoms with van der Waals surface area (Å²) in [6.45, 7) is 6.82. The standard InChI is InChI=1S/C43H34/c1-43(2,3)32-25-23-30(24-26-32)42-38-15-8-6-13-36(38)41(37-14-7-9-16-39(37)42)29-21-19-28(20-22-29)33-17-10-18-35-34-12-5-4-11-31(34)27-40(33)35/h4-26H,27H2,1-3H3. The van der Waals surface area contributed by atoms with E-state index >= 15 is 0 Å². The molecule has 8 rings (SSSR count). The van der Waals surface area contributed by atoms with Gasteiger partial charge in [0.25, 0.3) is 0 Å². The molecule has 0 aromatic heterocycles. The minimum Gasteiger partial charge on any atom is -0.0619 e. The molecule has 7 aromatic rings. The Hall–Kier alpha value is -4.94. The van der Waals surface area contributed by atoms with Gasteiger partial charge >= 0.3 is 0 Å². The van der Waals surface area contributed by atoms with Crippen LogP contribution in [0.4, 0.5) is 0 Å². The van der Waals surface area contributed by atoms with Gasteiger partial charge < -0.3 is 0 Å². The normalized spacial score (nSPS) is 12.4. The van der Waals surface area contributed by atoms with Crippen molar-refractivity contribution < 1.29 is 0 Å². The van der Waals surface area contributed by atoms with Crippen LogP contribution in [0.1, 0.15) is 37.5 Å². The Kier molecular flexibility index (Phi) is 5.88. The van der Waals surface area contributed by atoms with Crippen LogP contribution in [0.5, 0.6) is 0 Å². The van der Waals surface area contributed by atoms with Crippen LogP contribution in [0.2, 0.25) is 0 Å². The molecule has 0 spiro atoms. The summed E-state index contributed by atoms with van der Waals surface area (Å²) in [6, 6.07) is 51.9. The van der Waals surface area contributed by atoms with Crippen LogP contribution in [0.15, 0.2) is 140 Å². The smallest absolute Gasteiger partial charge is 0.000729 e. The van der Waals surface area contributed by atoms with Crippen LogP contribution in [0, 0.1) is 0 Å². The van der Waals surface area contributed by atoms with Gasteiger partial charge in [0.15, 0.2) is 0 Å². The fourth-order valence-corrected chi connectivity index (χ4v) is 7.13. The zero-order valence-corrected chi connectivity index (χ0v) is 25.0. The minimum atomic E-state index is 0.127. The topological polar surface area (TPSA) is 0 Å². The van der Waals surface area contributed by atoms with E-state index in [-0.39, 0.29) is 5.41 Å². The molecule has 1 aliphatic rings. The number of rotatable bonds is 3. The lowest BCUT2D eigenvalue weighted by atomic mass is 9.83. The van der Waals surface area contributed by atoms with Crippen molar-refractivity contribution in [3.05, 3.63) is 156 Å². The van der Waals surface area contributed by atoms with Gasteiger partial charge in [-0.1, -0.05) is 160 Å². The lowest BCUT2D eigenvalue weighted by molar-refractivity contribution is 0.590. The molecular formula is C43H34.